The summed E-state index contributed by atoms with van der Waals surface area (Å²) < 4.78 is 5.73. The molecule has 100 valence electrons. The molecule has 0 heterocycles. The molecule has 5 nitrogen and oxygen atoms in total. The Labute approximate surface area is 110 Å². The maximum Gasteiger partial charge on any atom is 0.358 e. The minimum Gasteiger partial charge on any atom is -0.476 e. The number of rotatable bonds is 4. The van der Waals surface area contributed by atoms with Crippen LogP contribution in [0.4, 0.5) is 0 Å². The average Bonchev–Trinajstić information content (AvgIpc) is 2.42. The third-order valence-electron chi connectivity index (χ3n) is 2.94. The number of para-hydroxylation sites is 1. The molecule has 19 heavy (non-hydrogen) atoms. The lowest BCUT2D eigenvalue weighted by Gasteiger charge is -2.16. The number of oxime groups is 1. The van der Waals surface area contributed by atoms with Crippen molar-refractivity contribution < 1.29 is 19.8 Å². The molecule has 1 aliphatic carbocycles. The fraction of sp³-hybridized carbons (Fsp3) is 0.286. The van der Waals surface area contributed by atoms with Crippen LogP contribution < -0.4 is 4.74 Å². The fourth-order valence-electron chi connectivity index (χ4n) is 2.01. The number of hydrogen-bond acceptors (Lipinski definition) is 4. The zero-order valence-electron chi connectivity index (χ0n) is 10.4. The number of benzene rings is 1. The van der Waals surface area contributed by atoms with E-state index in [4.69, 9.17) is 15.1 Å². The van der Waals surface area contributed by atoms with E-state index >= 15 is 0 Å². The van der Waals surface area contributed by atoms with E-state index < -0.39 is 11.7 Å². The Morgan fingerprint density at radius 2 is 2.05 bits per heavy atom. The minimum atomic E-state index is -1.30. The smallest absolute Gasteiger partial charge is 0.358 e. The minimum absolute atomic E-state index is 0.268. The molecule has 0 radical (unpaired) electrons. The van der Waals surface area contributed by atoms with Crippen molar-refractivity contribution in [1.82, 2.24) is 0 Å². The van der Waals surface area contributed by atoms with Crippen LogP contribution in [0.25, 0.3) is 0 Å². The summed E-state index contributed by atoms with van der Waals surface area (Å²) >= 11 is 0. The summed E-state index contributed by atoms with van der Waals surface area (Å²) in [5.74, 6) is -0.0663. The summed E-state index contributed by atoms with van der Waals surface area (Å²) in [6.45, 7) is 0. The maximum atomic E-state index is 11.0. The molecule has 0 spiro atoms. The highest BCUT2D eigenvalue weighted by molar-refractivity contribution is 6.43. The topological polar surface area (TPSA) is 79.1 Å². The lowest BCUT2D eigenvalue weighted by atomic mass is 10.1. The first-order valence-corrected chi connectivity index (χ1v) is 6.14. The van der Waals surface area contributed by atoms with Crippen molar-refractivity contribution in [3.63, 3.8) is 0 Å². The van der Waals surface area contributed by atoms with E-state index in [2.05, 4.69) is 5.16 Å². The summed E-state index contributed by atoms with van der Waals surface area (Å²) in [5.41, 5.74) is -0.156. The summed E-state index contributed by atoms with van der Waals surface area (Å²) in [4.78, 5) is 11.0. The number of nitrogens with zero attached hydrogens (tertiary/aromatic N) is 1. The summed E-state index contributed by atoms with van der Waals surface area (Å²) in [6.07, 6.45) is 6.03. The molecule has 2 N–H and O–H groups in total. The summed E-state index contributed by atoms with van der Waals surface area (Å²) in [5, 5.41) is 20.6. The molecule has 0 aliphatic heterocycles. The van der Waals surface area contributed by atoms with Gasteiger partial charge in [-0.25, -0.2) is 4.79 Å². The Hall–Kier alpha value is -2.30. The summed E-state index contributed by atoms with van der Waals surface area (Å²) in [7, 11) is 0. The number of aliphatic carboxylic acids is 1. The Morgan fingerprint density at radius 3 is 2.68 bits per heavy atom. The molecule has 0 saturated carbocycles. The van der Waals surface area contributed by atoms with Crippen molar-refractivity contribution in [2.75, 3.05) is 0 Å². The normalized spacial score (nSPS) is 15.8. The van der Waals surface area contributed by atoms with Crippen LogP contribution in [0.15, 0.2) is 41.3 Å². The monoisotopic (exact) mass is 261 g/mol. The number of carbonyl (C=O) groups is 1. The zero-order chi connectivity index (χ0) is 13.7. The first-order valence-electron chi connectivity index (χ1n) is 6.14. The van der Waals surface area contributed by atoms with Crippen LogP contribution in [-0.4, -0.2) is 22.0 Å². The highest BCUT2D eigenvalue weighted by atomic mass is 16.5. The Morgan fingerprint density at radius 1 is 1.26 bits per heavy atom. The van der Waals surface area contributed by atoms with Crippen molar-refractivity contribution in [2.24, 2.45) is 5.16 Å². The lowest BCUT2D eigenvalue weighted by molar-refractivity contribution is -0.129. The molecule has 0 saturated heterocycles. The largest absolute Gasteiger partial charge is 0.476 e. The molecule has 1 aromatic rings. The van der Waals surface area contributed by atoms with Crippen molar-refractivity contribution in [3.8, 4) is 5.75 Å². The van der Waals surface area contributed by atoms with Crippen LogP contribution in [0.5, 0.6) is 5.75 Å². The molecule has 2 rings (SSSR count). The van der Waals surface area contributed by atoms with Crippen molar-refractivity contribution in [3.05, 3.63) is 41.7 Å². The van der Waals surface area contributed by atoms with Crippen molar-refractivity contribution >= 4 is 11.7 Å². The van der Waals surface area contributed by atoms with Gasteiger partial charge in [0.2, 0.25) is 0 Å². The fourth-order valence-corrected chi connectivity index (χ4v) is 2.01. The molecule has 0 aromatic heterocycles. The zero-order valence-corrected chi connectivity index (χ0v) is 10.4. The van der Waals surface area contributed by atoms with E-state index in [1.165, 1.54) is 0 Å². The van der Waals surface area contributed by atoms with E-state index in [0.717, 1.165) is 31.4 Å². The maximum absolute atomic E-state index is 11.0. The van der Waals surface area contributed by atoms with Gasteiger partial charge in [-0.3, -0.25) is 0 Å². The molecule has 0 bridgehead atoms. The molecule has 1 aromatic carbocycles. The number of carboxylic acids is 1. The Kier molecular flexibility index (Phi) is 4.18. The first kappa shape index (κ1) is 13.1. The van der Waals surface area contributed by atoms with Gasteiger partial charge in [-0.2, -0.15) is 0 Å². The Bertz CT molecular complexity index is 534. The van der Waals surface area contributed by atoms with Gasteiger partial charge < -0.3 is 15.1 Å². The molecular formula is C14H15NO4. The first-order chi connectivity index (χ1) is 9.22. The number of allylic oxidation sites excluding steroid dienone is 2. The van der Waals surface area contributed by atoms with Crippen LogP contribution >= 0.6 is 0 Å². The van der Waals surface area contributed by atoms with E-state index in [1.807, 2.05) is 6.08 Å². The van der Waals surface area contributed by atoms with Crippen LogP contribution in [0.2, 0.25) is 0 Å². The molecule has 0 atom stereocenters. The van der Waals surface area contributed by atoms with Crippen molar-refractivity contribution in [2.45, 2.75) is 25.7 Å². The van der Waals surface area contributed by atoms with Gasteiger partial charge in [0.25, 0.3) is 0 Å². The van der Waals surface area contributed by atoms with Gasteiger partial charge in [-0.1, -0.05) is 17.3 Å². The molecule has 0 unspecified atom stereocenters. The number of ether oxygens (including phenoxy) is 1. The van der Waals surface area contributed by atoms with Crippen LogP contribution in [0.3, 0.4) is 0 Å². The van der Waals surface area contributed by atoms with Gasteiger partial charge >= 0.3 is 5.97 Å². The SMILES string of the molecule is O=C(O)/C(=N/O)c1ccccc1OC1=CCCCC1. The highest BCUT2D eigenvalue weighted by Crippen LogP contribution is 2.25. The lowest BCUT2D eigenvalue weighted by Crippen LogP contribution is -2.16. The van der Waals surface area contributed by atoms with Gasteiger partial charge in [-0.05, 0) is 37.5 Å². The third kappa shape index (κ3) is 3.13. The highest BCUT2D eigenvalue weighted by Gasteiger charge is 2.19. The number of carboxylic acid groups (broad SMARTS) is 1. The Balaban J connectivity index is 2.30. The van der Waals surface area contributed by atoms with Crippen LogP contribution in [0, 0.1) is 0 Å². The molecular weight excluding hydrogens is 246 g/mol. The van der Waals surface area contributed by atoms with E-state index in [9.17, 15) is 4.79 Å². The van der Waals surface area contributed by atoms with E-state index in [0.29, 0.717) is 5.75 Å². The van der Waals surface area contributed by atoms with Gasteiger partial charge in [0, 0.05) is 6.42 Å². The second kappa shape index (κ2) is 6.04. The predicted molar refractivity (Wildman–Crippen MR) is 69.6 cm³/mol. The molecule has 0 fully saturated rings. The van der Waals surface area contributed by atoms with E-state index in [1.54, 1.807) is 24.3 Å². The second-order valence-corrected chi connectivity index (χ2v) is 4.27. The quantitative estimate of drug-likeness (QED) is 0.496. The van der Waals surface area contributed by atoms with Gasteiger partial charge in [-0.15, -0.1) is 0 Å². The summed E-state index contributed by atoms with van der Waals surface area (Å²) in [6, 6.07) is 6.64. The standard InChI is InChI=1S/C14H15NO4/c16-14(17)13(15-18)11-8-4-5-9-12(11)19-10-6-2-1-3-7-10/h4-6,8-9,18H,1-3,7H2,(H,16,17)/b15-13+. The van der Waals surface area contributed by atoms with Gasteiger partial charge in [0.1, 0.15) is 11.5 Å². The molecule has 0 amide bonds. The van der Waals surface area contributed by atoms with Gasteiger partial charge in [0.05, 0.1) is 5.56 Å². The number of hydrogen-bond donors (Lipinski definition) is 2. The molecule has 1 aliphatic rings. The van der Waals surface area contributed by atoms with Crippen molar-refractivity contribution in [1.29, 1.82) is 0 Å². The van der Waals surface area contributed by atoms with E-state index in [-0.39, 0.29) is 5.56 Å². The van der Waals surface area contributed by atoms with Gasteiger partial charge in [0.15, 0.2) is 5.71 Å². The second-order valence-electron chi connectivity index (χ2n) is 4.27. The average molecular weight is 261 g/mol. The third-order valence-corrected chi connectivity index (χ3v) is 2.94. The van der Waals surface area contributed by atoms with Crippen LogP contribution in [0.1, 0.15) is 31.2 Å². The predicted octanol–water partition coefficient (Wildman–Crippen LogP) is 2.79. The molecule has 5 heteroatoms. The van der Waals surface area contributed by atoms with Crippen LogP contribution in [-0.2, 0) is 4.79 Å².